The number of carbonyl (C=O) groups is 1. The van der Waals surface area contributed by atoms with Crippen molar-refractivity contribution < 1.29 is 9.53 Å². The van der Waals surface area contributed by atoms with Gasteiger partial charge in [-0.2, -0.15) is 0 Å². The number of rotatable bonds is 1. The summed E-state index contributed by atoms with van der Waals surface area (Å²) in [6.45, 7) is 4.03. The molecule has 0 spiro atoms. The normalized spacial score (nSPS) is 21.6. The molecule has 3 rings (SSSR count). The Kier molecular flexibility index (Phi) is 3.18. The van der Waals surface area contributed by atoms with Crippen molar-refractivity contribution in [1.29, 1.82) is 0 Å². The standard InChI is InChI=1S/C15H13NO2S2/c1-15(2)6-5-10-7-9(3-4-11(10)18-15)8-12-13(17)16-14(19)20-12/h3-8H,1-2H3,(H,16,17,19)/b12-8-. The van der Waals surface area contributed by atoms with Gasteiger partial charge in [0.05, 0.1) is 4.91 Å². The van der Waals surface area contributed by atoms with Crippen molar-refractivity contribution in [2.24, 2.45) is 0 Å². The highest BCUT2D eigenvalue weighted by molar-refractivity contribution is 8.26. The molecule has 1 aromatic carbocycles. The fourth-order valence-corrected chi connectivity index (χ4v) is 3.10. The zero-order valence-corrected chi connectivity index (χ0v) is 12.7. The van der Waals surface area contributed by atoms with Gasteiger partial charge in [-0.3, -0.25) is 4.79 Å². The molecule has 0 atom stereocenters. The Morgan fingerprint density at radius 3 is 2.90 bits per heavy atom. The summed E-state index contributed by atoms with van der Waals surface area (Å²) in [5.41, 5.74) is 1.70. The number of thiocarbonyl (C=S) groups is 1. The van der Waals surface area contributed by atoms with Crippen LogP contribution in [0.5, 0.6) is 5.75 Å². The molecule has 2 aliphatic heterocycles. The molecule has 0 aromatic heterocycles. The van der Waals surface area contributed by atoms with Crippen LogP contribution in [-0.2, 0) is 4.79 Å². The van der Waals surface area contributed by atoms with Gasteiger partial charge in [0.2, 0.25) is 0 Å². The van der Waals surface area contributed by atoms with Gasteiger partial charge in [0.25, 0.3) is 5.91 Å². The number of hydrogen-bond donors (Lipinski definition) is 1. The fraction of sp³-hybridized carbons (Fsp3) is 0.200. The van der Waals surface area contributed by atoms with Gasteiger partial charge in [0.1, 0.15) is 15.7 Å². The third kappa shape index (κ3) is 2.64. The van der Waals surface area contributed by atoms with Crippen molar-refractivity contribution in [3.8, 4) is 5.75 Å². The average Bonchev–Trinajstić information content (AvgIpc) is 2.67. The van der Waals surface area contributed by atoms with Gasteiger partial charge in [0, 0.05) is 5.56 Å². The van der Waals surface area contributed by atoms with Crippen LogP contribution in [-0.4, -0.2) is 15.8 Å². The predicted octanol–water partition coefficient (Wildman–Crippen LogP) is 3.36. The predicted molar refractivity (Wildman–Crippen MR) is 86.5 cm³/mol. The van der Waals surface area contributed by atoms with E-state index in [0.29, 0.717) is 9.23 Å². The van der Waals surface area contributed by atoms with Gasteiger partial charge in [0.15, 0.2) is 0 Å². The quantitative estimate of drug-likeness (QED) is 0.638. The number of fused-ring (bicyclic) bond motifs is 1. The summed E-state index contributed by atoms with van der Waals surface area (Å²) in [5, 5.41) is 2.61. The van der Waals surface area contributed by atoms with Crippen LogP contribution in [0.2, 0.25) is 0 Å². The van der Waals surface area contributed by atoms with Crippen LogP contribution >= 0.6 is 24.0 Å². The summed E-state index contributed by atoms with van der Waals surface area (Å²) in [5.74, 6) is 0.726. The molecule has 20 heavy (non-hydrogen) atoms. The molecule has 1 saturated heterocycles. The van der Waals surface area contributed by atoms with Crippen LogP contribution in [0.4, 0.5) is 0 Å². The Morgan fingerprint density at radius 1 is 1.40 bits per heavy atom. The van der Waals surface area contributed by atoms with Crippen molar-refractivity contribution in [3.05, 3.63) is 40.3 Å². The van der Waals surface area contributed by atoms with E-state index in [2.05, 4.69) is 5.32 Å². The highest BCUT2D eigenvalue weighted by Crippen LogP contribution is 2.33. The molecule has 0 unspecified atom stereocenters. The number of amides is 1. The number of carbonyl (C=O) groups excluding carboxylic acids is 1. The van der Waals surface area contributed by atoms with Crippen LogP contribution in [0.25, 0.3) is 12.2 Å². The van der Waals surface area contributed by atoms with E-state index < -0.39 is 0 Å². The zero-order valence-electron chi connectivity index (χ0n) is 11.1. The minimum atomic E-state index is -0.277. The minimum Gasteiger partial charge on any atom is -0.483 e. The number of hydrogen-bond acceptors (Lipinski definition) is 4. The number of thioether (sulfide) groups is 1. The lowest BCUT2D eigenvalue weighted by Gasteiger charge is -2.27. The molecule has 0 bridgehead atoms. The molecule has 0 saturated carbocycles. The summed E-state index contributed by atoms with van der Waals surface area (Å²) in [6.07, 6.45) is 5.92. The van der Waals surface area contributed by atoms with Gasteiger partial charge in [-0.25, -0.2) is 0 Å². The van der Waals surface area contributed by atoms with Crippen molar-refractivity contribution in [3.63, 3.8) is 0 Å². The van der Waals surface area contributed by atoms with Crippen molar-refractivity contribution in [2.45, 2.75) is 19.4 Å². The second-order valence-corrected chi connectivity index (χ2v) is 6.91. The summed E-state index contributed by atoms with van der Waals surface area (Å²) in [4.78, 5) is 12.3. The van der Waals surface area contributed by atoms with Crippen LogP contribution in [0.15, 0.2) is 29.2 Å². The van der Waals surface area contributed by atoms with Gasteiger partial charge >= 0.3 is 0 Å². The number of nitrogens with one attached hydrogen (secondary N) is 1. The van der Waals surface area contributed by atoms with Gasteiger partial charge in [-0.05, 0) is 43.7 Å². The van der Waals surface area contributed by atoms with Crippen molar-refractivity contribution >= 4 is 46.4 Å². The van der Waals surface area contributed by atoms with E-state index in [4.69, 9.17) is 17.0 Å². The Hall–Kier alpha value is -1.59. The largest absolute Gasteiger partial charge is 0.483 e. The topological polar surface area (TPSA) is 38.3 Å². The molecular weight excluding hydrogens is 290 g/mol. The first-order chi connectivity index (χ1) is 9.43. The maximum Gasteiger partial charge on any atom is 0.263 e. The average molecular weight is 303 g/mol. The van der Waals surface area contributed by atoms with E-state index in [1.165, 1.54) is 11.8 Å². The first-order valence-corrected chi connectivity index (χ1v) is 7.43. The number of ether oxygens (including phenoxy) is 1. The lowest BCUT2D eigenvalue weighted by atomic mass is 10.0. The molecule has 0 aliphatic carbocycles. The Balaban J connectivity index is 1.93. The molecule has 5 heteroatoms. The van der Waals surface area contributed by atoms with Crippen LogP contribution < -0.4 is 10.1 Å². The summed E-state index contributed by atoms with van der Waals surface area (Å²) < 4.78 is 6.37. The van der Waals surface area contributed by atoms with E-state index in [1.807, 2.05) is 50.3 Å². The molecule has 1 amide bonds. The molecule has 2 aliphatic rings. The van der Waals surface area contributed by atoms with Gasteiger partial charge in [-0.1, -0.05) is 36.1 Å². The van der Waals surface area contributed by atoms with E-state index in [0.717, 1.165) is 16.9 Å². The van der Waals surface area contributed by atoms with Crippen LogP contribution in [0.3, 0.4) is 0 Å². The second-order valence-electron chi connectivity index (χ2n) is 5.19. The molecule has 102 valence electrons. The Morgan fingerprint density at radius 2 is 2.20 bits per heavy atom. The third-order valence-corrected chi connectivity index (χ3v) is 4.17. The summed E-state index contributed by atoms with van der Waals surface area (Å²) in [6, 6.07) is 5.88. The fourth-order valence-electron chi connectivity index (χ4n) is 2.06. The molecule has 1 aromatic rings. The minimum absolute atomic E-state index is 0.134. The molecular formula is C15H13NO2S2. The first-order valence-electron chi connectivity index (χ1n) is 6.20. The Labute approximate surface area is 127 Å². The van der Waals surface area contributed by atoms with E-state index in [1.54, 1.807) is 0 Å². The summed E-state index contributed by atoms with van der Waals surface area (Å²) >= 11 is 6.26. The highest BCUT2D eigenvalue weighted by atomic mass is 32.2. The monoisotopic (exact) mass is 303 g/mol. The smallest absolute Gasteiger partial charge is 0.263 e. The van der Waals surface area contributed by atoms with Crippen molar-refractivity contribution in [2.75, 3.05) is 0 Å². The van der Waals surface area contributed by atoms with Gasteiger partial charge < -0.3 is 10.1 Å². The molecule has 1 fully saturated rings. The second kappa shape index (κ2) is 4.75. The van der Waals surface area contributed by atoms with Gasteiger partial charge in [-0.15, -0.1) is 0 Å². The lowest BCUT2D eigenvalue weighted by molar-refractivity contribution is -0.115. The first kappa shape index (κ1) is 13.4. The molecule has 2 heterocycles. The van der Waals surface area contributed by atoms with Crippen LogP contribution in [0, 0.1) is 0 Å². The third-order valence-electron chi connectivity index (χ3n) is 3.01. The SMILES string of the molecule is CC1(C)C=Cc2cc(/C=C3\SC(=S)NC3=O)ccc2O1. The van der Waals surface area contributed by atoms with E-state index in [-0.39, 0.29) is 11.5 Å². The zero-order chi connectivity index (χ0) is 14.3. The highest BCUT2D eigenvalue weighted by Gasteiger charge is 2.23. The lowest BCUT2D eigenvalue weighted by Crippen LogP contribution is -2.27. The van der Waals surface area contributed by atoms with Crippen molar-refractivity contribution in [1.82, 2.24) is 5.32 Å². The summed E-state index contributed by atoms with van der Waals surface area (Å²) in [7, 11) is 0. The van der Waals surface area contributed by atoms with E-state index >= 15 is 0 Å². The van der Waals surface area contributed by atoms with E-state index in [9.17, 15) is 4.79 Å². The molecule has 0 radical (unpaired) electrons. The maximum absolute atomic E-state index is 11.6. The number of benzene rings is 1. The molecule has 1 N–H and O–H groups in total. The van der Waals surface area contributed by atoms with Crippen LogP contribution in [0.1, 0.15) is 25.0 Å². The molecule has 3 nitrogen and oxygen atoms in total. The Bertz CT molecular complexity index is 674. The maximum atomic E-state index is 11.6.